The molecule has 0 atom stereocenters. The van der Waals surface area contributed by atoms with Gasteiger partial charge < -0.3 is 5.73 Å². The molecular formula is C16H26N2O3S. The van der Waals surface area contributed by atoms with Crippen LogP contribution in [0.5, 0.6) is 0 Å². The van der Waals surface area contributed by atoms with E-state index >= 15 is 0 Å². The SMILES string of the molecule is Cc1cc(C)c(C)c(S(=O)(=O)N(CC(N)=O)CC(C)C)c1C. The highest BCUT2D eigenvalue weighted by Crippen LogP contribution is 2.29. The third-order valence-corrected chi connectivity index (χ3v) is 5.88. The first-order valence-electron chi connectivity index (χ1n) is 7.34. The van der Waals surface area contributed by atoms with Crippen molar-refractivity contribution in [3.05, 3.63) is 28.3 Å². The molecule has 1 rings (SSSR count). The maximum Gasteiger partial charge on any atom is 0.244 e. The van der Waals surface area contributed by atoms with E-state index in [1.54, 1.807) is 13.8 Å². The summed E-state index contributed by atoms with van der Waals surface area (Å²) in [5.74, 6) is -0.551. The minimum Gasteiger partial charge on any atom is -0.369 e. The van der Waals surface area contributed by atoms with Crippen molar-refractivity contribution in [2.75, 3.05) is 13.1 Å². The summed E-state index contributed by atoms with van der Waals surface area (Å²) in [5, 5.41) is 0. The van der Waals surface area contributed by atoms with Crippen LogP contribution in [-0.4, -0.2) is 31.7 Å². The van der Waals surface area contributed by atoms with E-state index in [0.717, 1.165) is 22.3 Å². The normalized spacial score (nSPS) is 12.2. The number of carbonyl (C=O) groups excluding carboxylic acids is 1. The van der Waals surface area contributed by atoms with Gasteiger partial charge in [0.15, 0.2) is 0 Å². The molecule has 0 saturated heterocycles. The standard InChI is InChI=1S/C16H26N2O3S/c1-10(2)8-18(9-15(17)19)22(20,21)16-13(5)11(3)7-12(4)14(16)6/h7,10H,8-9H2,1-6H3,(H2,17,19). The van der Waals surface area contributed by atoms with Gasteiger partial charge in [-0.1, -0.05) is 19.9 Å². The second-order valence-electron chi connectivity index (χ2n) is 6.25. The fraction of sp³-hybridized carbons (Fsp3) is 0.562. The largest absolute Gasteiger partial charge is 0.369 e. The van der Waals surface area contributed by atoms with E-state index in [9.17, 15) is 13.2 Å². The van der Waals surface area contributed by atoms with Crippen molar-refractivity contribution in [3.8, 4) is 0 Å². The molecule has 0 heterocycles. The average molecular weight is 326 g/mol. The number of benzene rings is 1. The smallest absolute Gasteiger partial charge is 0.244 e. The third kappa shape index (κ3) is 3.87. The molecule has 0 fully saturated rings. The van der Waals surface area contributed by atoms with Crippen molar-refractivity contribution in [2.24, 2.45) is 11.7 Å². The number of nitrogens with zero attached hydrogens (tertiary/aromatic N) is 1. The lowest BCUT2D eigenvalue weighted by molar-refractivity contribution is -0.118. The van der Waals surface area contributed by atoms with Crippen LogP contribution in [0.3, 0.4) is 0 Å². The quantitative estimate of drug-likeness (QED) is 0.869. The van der Waals surface area contributed by atoms with Crippen molar-refractivity contribution < 1.29 is 13.2 Å². The van der Waals surface area contributed by atoms with Crippen LogP contribution in [0.2, 0.25) is 0 Å². The third-order valence-electron chi connectivity index (χ3n) is 3.80. The van der Waals surface area contributed by atoms with Crippen molar-refractivity contribution in [3.63, 3.8) is 0 Å². The summed E-state index contributed by atoms with van der Waals surface area (Å²) in [6.07, 6.45) is 0. The van der Waals surface area contributed by atoms with Gasteiger partial charge in [-0.3, -0.25) is 4.79 Å². The van der Waals surface area contributed by atoms with E-state index in [1.807, 2.05) is 33.8 Å². The van der Waals surface area contributed by atoms with Crippen molar-refractivity contribution in [1.82, 2.24) is 4.31 Å². The highest BCUT2D eigenvalue weighted by molar-refractivity contribution is 7.89. The first-order chi connectivity index (χ1) is 9.98. The Labute approximate surface area is 133 Å². The number of nitrogens with two attached hydrogens (primary N) is 1. The van der Waals surface area contributed by atoms with Crippen LogP contribution in [-0.2, 0) is 14.8 Å². The maximum atomic E-state index is 13.1. The summed E-state index contributed by atoms with van der Waals surface area (Å²) >= 11 is 0. The van der Waals surface area contributed by atoms with E-state index < -0.39 is 15.9 Å². The zero-order chi connectivity index (χ0) is 17.2. The van der Waals surface area contributed by atoms with Crippen LogP contribution in [0, 0.1) is 33.6 Å². The number of rotatable bonds is 6. The monoisotopic (exact) mass is 326 g/mol. The maximum absolute atomic E-state index is 13.1. The Hall–Kier alpha value is -1.40. The van der Waals surface area contributed by atoms with Crippen molar-refractivity contribution in [1.29, 1.82) is 0 Å². The van der Waals surface area contributed by atoms with Gasteiger partial charge in [-0.25, -0.2) is 8.42 Å². The molecule has 0 aliphatic carbocycles. The number of primary amides is 1. The van der Waals surface area contributed by atoms with Crippen LogP contribution in [0.25, 0.3) is 0 Å². The van der Waals surface area contributed by atoms with Gasteiger partial charge in [0.2, 0.25) is 15.9 Å². The van der Waals surface area contributed by atoms with E-state index in [1.165, 1.54) is 4.31 Å². The van der Waals surface area contributed by atoms with Crippen LogP contribution in [0.4, 0.5) is 0 Å². The molecule has 0 unspecified atom stereocenters. The molecule has 5 nitrogen and oxygen atoms in total. The molecule has 1 aromatic carbocycles. The van der Waals surface area contributed by atoms with Crippen LogP contribution < -0.4 is 5.73 Å². The van der Waals surface area contributed by atoms with Crippen LogP contribution in [0.1, 0.15) is 36.1 Å². The number of hydrogen-bond acceptors (Lipinski definition) is 3. The van der Waals surface area contributed by atoms with Gasteiger partial charge in [0.05, 0.1) is 11.4 Å². The summed E-state index contributed by atoms with van der Waals surface area (Å²) in [4.78, 5) is 11.6. The van der Waals surface area contributed by atoms with Gasteiger partial charge in [-0.2, -0.15) is 4.31 Å². The molecular weight excluding hydrogens is 300 g/mol. The average Bonchev–Trinajstić information content (AvgIpc) is 2.34. The van der Waals surface area contributed by atoms with Gasteiger partial charge in [0, 0.05) is 6.54 Å². The number of hydrogen-bond donors (Lipinski definition) is 1. The fourth-order valence-electron chi connectivity index (χ4n) is 2.53. The highest BCUT2D eigenvalue weighted by Gasteiger charge is 2.30. The lowest BCUT2D eigenvalue weighted by Crippen LogP contribution is -2.41. The predicted molar refractivity (Wildman–Crippen MR) is 88.2 cm³/mol. The highest BCUT2D eigenvalue weighted by atomic mass is 32.2. The Balaban J connectivity index is 3.52. The molecule has 1 aromatic rings. The molecule has 0 bridgehead atoms. The van der Waals surface area contributed by atoms with E-state index in [2.05, 4.69) is 0 Å². The van der Waals surface area contributed by atoms with E-state index in [0.29, 0.717) is 4.90 Å². The Morgan fingerprint density at radius 2 is 1.59 bits per heavy atom. The van der Waals surface area contributed by atoms with Gasteiger partial charge >= 0.3 is 0 Å². The summed E-state index contributed by atoms with van der Waals surface area (Å²) in [7, 11) is -3.77. The second kappa shape index (κ2) is 6.79. The molecule has 0 radical (unpaired) electrons. The van der Waals surface area contributed by atoms with Gasteiger partial charge in [0.25, 0.3) is 0 Å². The molecule has 0 aliphatic rings. The minimum absolute atomic E-state index is 0.0978. The first kappa shape index (κ1) is 18.6. The molecule has 2 N–H and O–H groups in total. The molecule has 6 heteroatoms. The number of sulfonamides is 1. The summed E-state index contributed by atoms with van der Waals surface area (Å²) < 4.78 is 27.3. The second-order valence-corrected chi connectivity index (χ2v) is 8.12. The Morgan fingerprint density at radius 1 is 1.14 bits per heavy atom. The lowest BCUT2D eigenvalue weighted by Gasteiger charge is -2.25. The number of amides is 1. The zero-order valence-electron chi connectivity index (χ0n) is 14.2. The minimum atomic E-state index is -3.77. The molecule has 0 spiro atoms. The van der Waals surface area contributed by atoms with Crippen LogP contribution in [0.15, 0.2) is 11.0 Å². The van der Waals surface area contributed by atoms with Crippen molar-refractivity contribution >= 4 is 15.9 Å². The van der Waals surface area contributed by atoms with E-state index in [-0.39, 0.29) is 19.0 Å². The van der Waals surface area contributed by atoms with Gasteiger partial charge in [-0.05, 0) is 55.9 Å². The molecule has 0 aromatic heterocycles. The zero-order valence-corrected chi connectivity index (χ0v) is 15.0. The topological polar surface area (TPSA) is 80.5 Å². The molecule has 1 amide bonds. The predicted octanol–water partition coefficient (Wildman–Crippen LogP) is 2.05. The summed E-state index contributed by atoms with van der Waals surface area (Å²) in [6.45, 7) is 11.2. The van der Waals surface area contributed by atoms with Crippen LogP contribution >= 0.6 is 0 Å². The van der Waals surface area contributed by atoms with Gasteiger partial charge in [0.1, 0.15) is 0 Å². The number of carbonyl (C=O) groups is 1. The molecule has 0 saturated carbocycles. The Kier molecular flexibility index (Phi) is 5.76. The molecule has 22 heavy (non-hydrogen) atoms. The first-order valence-corrected chi connectivity index (χ1v) is 8.78. The molecule has 0 aliphatic heterocycles. The summed E-state index contributed by atoms with van der Waals surface area (Å²) in [6, 6.07) is 1.98. The fourth-order valence-corrected chi connectivity index (χ4v) is 4.67. The molecule has 124 valence electrons. The van der Waals surface area contributed by atoms with E-state index in [4.69, 9.17) is 5.73 Å². The Morgan fingerprint density at radius 3 is 1.95 bits per heavy atom. The van der Waals surface area contributed by atoms with Gasteiger partial charge in [-0.15, -0.1) is 0 Å². The summed E-state index contributed by atoms with van der Waals surface area (Å²) in [5.41, 5.74) is 8.52. The Bertz CT molecular complexity index is 653. The van der Waals surface area contributed by atoms with Crippen molar-refractivity contribution in [2.45, 2.75) is 46.4 Å². The lowest BCUT2D eigenvalue weighted by atomic mass is 10.0. The number of aryl methyl sites for hydroxylation is 2.